The molecule has 5 heteroatoms. The number of benzene rings is 1. The second kappa shape index (κ2) is 9.83. The summed E-state index contributed by atoms with van der Waals surface area (Å²) < 4.78 is 18.6. The molecule has 1 aromatic rings. The van der Waals surface area contributed by atoms with Gasteiger partial charge < -0.3 is 20.3 Å². The van der Waals surface area contributed by atoms with Crippen LogP contribution in [0.2, 0.25) is 0 Å². The topological polar surface area (TPSA) is 61.7 Å². The maximum Gasteiger partial charge on any atom is 0.128 e. The molecular formula is C15H24FNO3. The SMILES string of the molecule is CC(CCO)CNCC(O)COCc1ccccc1F. The van der Waals surface area contributed by atoms with Crippen molar-refractivity contribution in [2.24, 2.45) is 5.92 Å². The number of hydrogen-bond donors (Lipinski definition) is 3. The van der Waals surface area contributed by atoms with Crippen molar-refractivity contribution in [3.63, 3.8) is 0 Å². The third-order valence-corrected chi connectivity index (χ3v) is 3.02. The highest BCUT2D eigenvalue weighted by atomic mass is 19.1. The zero-order valence-corrected chi connectivity index (χ0v) is 11.9. The van der Waals surface area contributed by atoms with Gasteiger partial charge in [0.1, 0.15) is 5.82 Å². The van der Waals surface area contributed by atoms with Gasteiger partial charge in [0, 0.05) is 18.7 Å². The maximum atomic E-state index is 13.3. The molecule has 0 heterocycles. The largest absolute Gasteiger partial charge is 0.396 e. The molecule has 0 saturated heterocycles. The van der Waals surface area contributed by atoms with E-state index in [9.17, 15) is 9.50 Å². The van der Waals surface area contributed by atoms with Crippen molar-refractivity contribution in [3.05, 3.63) is 35.6 Å². The summed E-state index contributed by atoms with van der Waals surface area (Å²) in [6.45, 7) is 3.69. The molecule has 1 rings (SSSR count). The van der Waals surface area contributed by atoms with E-state index < -0.39 is 6.10 Å². The number of ether oxygens (including phenoxy) is 1. The van der Waals surface area contributed by atoms with E-state index in [1.807, 2.05) is 6.92 Å². The van der Waals surface area contributed by atoms with Crippen molar-refractivity contribution < 1.29 is 19.3 Å². The van der Waals surface area contributed by atoms with Crippen molar-refractivity contribution in [3.8, 4) is 0 Å². The number of halogens is 1. The zero-order valence-electron chi connectivity index (χ0n) is 11.9. The van der Waals surface area contributed by atoms with Crippen molar-refractivity contribution in [1.82, 2.24) is 5.32 Å². The molecule has 0 radical (unpaired) electrons. The molecule has 4 nitrogen and oxygen atoms in total. The third kappa shape index (κ3) is 6.96. The molecule has 0 aliphatic carbocycles. The number of aliphatic hydroxyl groups is 2. The van der Waals surface area contributed by atoms with E-state index in [4.69, 9.17) is 9.84 Å². The van der Waals surface area contributed by atoms with Crippen LogP contribution in [0.3, 0.4) is 0 Å². The highest BCUT2D eigenvalue weighted by Crippen LogP contribution is 2.07. The van der Waals surface area contributed by atoms with E-state index in [1.165, 1.54) is 6.07 Å². The van der Waals surface area contributed by atoms with Crippen LogP contribution in [-0.2, 0) is 11.3 Å². The average Bonchev–Trinajstić information content (AvgIpc) is 2.41. The van der Waals surface area contributed by atoms with E-state index in [2.05, 4.69) is 5.32 Å². The number of aliphatic hydroxyl groups excluding tert-OH is 2. The smallest absolute Gasteiger partial charge is 0.128 e. The molecule has 1 aromatic carbocycles. The van der Waals surface area contributed by atoms with Gasteiger partial charge in [-0.25, -0.2) is 4.39 Å². The van der Waals surface area contributed by atoms with Crippen LogP contribution in [0.1, 0.15) is 18.9 Å². The molecule has 0 saturated carbocycles. The van der Waals surface area contributed by atoms with Gasteiger partial charge >= 0.3 is 0 Å². The molecule has 20 heavy (non-hydrogen) atoms. The highest BCUT2D eigenvalue weighted by Gasteiger charge is 2.07. The maximum absolute atomic E-state index is 13.3. The van der Waals surface area contributed by atoms with E-state index >= 15 is 0 Å². The lowest BCUT2D eigenvalue weighted by atomic mass is 10.1. The van der Waals surface area contributed by atoms with Crippen LogP contribution in [0, 0.1) is 11.7 Å². The second-order valence-corrected chi connectivity index (χ2v) is 5.04. The predicted octanol–water partition coefficient (Wildman–Crippen LogP) is 1.31. The Labute approximate surface area is 119 Å². The Morgan fingerprint density at radius 1 is 1.30 bits per heavy atom. The van der Waals surface area contributed by atoms with Crippen molar-refractivity contribution >= 4 is 0 Å². The minimum atomic E-state index is -0.622. The lowest BCUT2D eigenvalue weighted by molar-refractivity contribution is 0.0275. The van der Waals surface area contributed by atoms with Gasteiger partial charge in [-0.3, -0.25) is 0 Å². The van der Waals surface area contributed by atoms with Gasteiger partial charge in [0.15, 0.2) is 0 Å². The Morgan fingerprint density at radius 2 is 2.05 bits per heavy atom. The quantitative estimate of drug-likeness (QED) is 0.606. The summed E-state index contributed by atoms with van der Waals surface area (Å²) in [5.41, 5.74) is 0.490. The van der Waals surface area contributed by atoms with Crippen LogP contribution < -0.4 is 5.32 Å². The van der Waals surface area contributed by atoms with Gasteiger partial charge in [0.25, 0.3) is 0 Å². The zero-order chi connectivity index (χ0) is 14.8. The predicted molar refractivity (Wildman–Crippen MR) is 75.8 cm³/mol. The van der Waals surface area contributed by atoms with Gasteiger partial charge in [0.2, 0.25) is 0 Å². The Bertz CT molecular complexity index is 376. The van der Waals surface area contributed by atoms with Crippen LogP contribution in [0.25, 0.3) is 0 Å². The number of hydrogen-bond acceptors (Lipinski definition) is 4. The molecule has 0 aromatic heterocycles. The fourth-order valence-corrected chi connectivity index (χ4v) is 1.80. The first kappa shape index (κ1) is 17.0. The summed E-state index contributed by atoms with van der Waals surface area (Å²) in [7, 11) is 0. The summed E-state index contributed by atoms with van der Waals surface area (Å²) in [4.78, 5) is 0. The van der Waals surface area contributed by atoms with Gasteiger partial charge in [0.05, 0.1) is 19.3 Å². The second-order valence-electron chi connectivity index (χ2n) is 5.04. The van der Waals surface area contributed by atoms with Crippen molar-refractivity contribution in [2.45, 2.75) is 26.1 Å². The van der Waals surface area contributed by atoms with E-state index in [0.29, 0.717) is 18.0 Å². The fraction of sp³-hybridized carbons (Fsp3) is 0.600. The first-order valence-corrected chi connectivity index (χ1v) is 6.94. The Balaban J connectivity index is 2.11. The molecule has 0 fully saturated rings. The van der Waals surface area contributed by atoms with E-state index in [0.717, 1.165) is 13.0 Å². The van der Waals surface area contributed by atoms with Crippen LogP contribution in [0.5, 0.6) is 0 Å². The fourth-order valence-electron chi connectivity index (χ4n) is 1.80. The summed E-state index contributed by atoms with van der Waals surface area (Å²) in [6, 6.07) is 6.43. The first-order valence-electron chi connectivity index (χ1n) is 6.94. The standard InChI is InChI=1S/C15H24FNO3/c1-12(6-7-18)8-17-9-14(19)11-20-10-13-4-2-3-5-15(13)16/h2-5,12,14,17-19H,6-11H2,1H3. The molecular weight excluding hydrogens is 261 g/mol. The van der Waals surface area contributed by atoms with Crippen molar-refractivity contribution in [1.29, 1.82) is 0 Å². The summed E-state index contributed by atoms with van der Waals surface area (Å²) >= 11 is 0. The monoisotopic (exact) mass is 285 g/mol. The Morgan fingerprint density at radius 3 is 2.75 bits per heavy atom. The first-order chi connectivity index (χ1) is 9.63. The molecule has 0 bridgehead atoms. The lowest BCUT2D eigenvalue weighted by Gasteiger charge is -2.15. The third-order valence-electron chi connectivity index (χ3n) is 3.02. The van der Waals surface area contributed by atoms with Crippen LogP contribution in [0.4, 0.5) is 4.39 Å². The summed E-state index contributed by atoms with van der Waals surface area (Å²) in [6.07, 6.45) is 0.121. The molecule has 114 valence electrons. The molecule has 2 atom stereocenters. The minimum Gasteiger partial charge on any atom is -0.396 e. The summed E-state index contributed by atoms with van der Waals surface area (Å²) in [5, 5.41) is 21.6. The van der Waals surface area contributed by atoms with Crippen molar-refractivity contribution in [2.75, 3.05) is 26.3 Å². The Kier molecular flexibility index (Phi) is 8.37. The molecule has 0 aliphatic heterocycles. The highest BCUT2D eigenvalue weighted by molar-refractivity contribution is 5.16. The molecule has 0 spiro atoms. The molecule has 3 N–H and O–H groups in total. The van der Waals surface area contributed by atoms with Crippen LogP contribution in [0.15, 0.2) is 24.3 Å². The number of nitrogens with one attached hydrogen (secondary N) is 1. The average molecular weight is 285 g/mol. The van der Waals surface area contributed by atoms with Gasteiger partial charge in [-0.1, -0.05) is 25.1 Å². The van der Waals surface area contributed by atoms with Gasteiger partial charge in [-0.15, -0.1) is 0 Å². The van der Waals surface area contributed by atoms with Crippen LogP contribution in [-0.4, -0.2) is 42.6 Å². The van der Waals surface area contributed by atoms with E-state index in [-0.39, 0.29) is 25.6 Å². The minimum absolute atomic E-state index is 0.157. The van der Waals surface area contributed by atoms with Gasteiger partial charge in [-0.05, 0) is 24.9 Å². The van der Waals surface area contributed by atoms with Crippen LogP contribution >= 0.6 is 0 Å². The molecule has 2 unspecified atom stereocenters. The normalized spacial score (nSPS) is 14.2. The molecule has 0 aliphatic rings. The summed E-state index contributed by atoms with van der Waals surface area (Å²) in [5.74, 6) is 0.0736. The molecule has 0 amide bonds. The number of rotatable bonds is 10. The Hall–Kier alpha value is -1.01. The lowest BCUT2D eigenvalue weighted by Crippen LogP contribution is -2.33. The van der Waals surface area contributed by atoms with E-state index in [1.54, 1.807) is 18.2 Å². The van der Waals surface area contributed by atoms with Gasteiger partial charge in [-0.2, -0.15) is 0 Å².